The van der Waals surface area contributed by atoms with Crippen LogP contribution in [0.2, 0.25) is 0 Å². The monoisotopic (exact) mass is 519 g/mol. The van der Waals surface area contributed by atoms with E-state index in [-0.39, 0.29) is 31.4 Å². The van der Waals surface area contributed by atoms with Crippen LogP contribution >= 0.6 is 0 Å². The molecule has 0 aromatic heterocycles. The van der Waals surface area contributed by atoms with Gasteiger partial charge in [-0.3, -0.25) is 19.2 Å². The van der Waals surface area contributed by atoms with Crippen molar-refractivity contribution in [3.05, 3.63) is 29.8 Å². The molecule has 1 aromatic rings. The summed E-state index contributed by atoms with van der Waals surface area (Å²) >= 11 is 0. The number of rotatable bonds is 15. The third kappa shape index (κ3) is 13.3. The van der Waals surface area contributed by atoms with Crippen LogP contribution in [-0.4, -0.2) is 48.4 Å². The SMILES string of the molecule is CC(=O)OCc1ccc(NC(=O)C(CCCNC(N)=O)NC(=O)C(NC(=O)CCC(C)C)C(C)C)cc1. The first kappa shape index (κ1) is 31.4. The second kappa shape index (κ2) is 16.2. The van der Waals surface area contributed by atoms with Gasteiger partial charge in [0, 0.05) is 25.6 Å². The molecule has 6 N–H and O–H groups in total. The number of benzene rings is 1. The predicted molar refractivity (Wildman–Crippen MR) is 140 cm³/mol. The van der Waals surface area contributed by atoms with Crippen molar-refractivity contribution in [2.75, 3.05) is 11.9 Å². The summed E-state index contributed by atoms with van der Waals surface area (Å²) < 4.78 is 4.96. The number of nitrogens with two attached hydrogens (primary N) is 1. The maximum Gasteiger partial charge on any atom is 0.312 e. The Hall–Kier alpha value is -3.63. The van der Waals surface area contributed by atoms with Crippen LogP contribution in [0.4, 0.5) is 10.5 Å². The maximum atomic E-state index is 13.1. The zero-order chi connectivity index (χ0) is 28.0. The summed E-state index contributed by atoms with van der Waals surface area (Å²) in [5.74, 6) is -1.37. The van der Waals surface area contributed by atoms with Gasteiger partial charge in [-0.25, -0.2) is 4.79 Å². The number of carbonyl (C=O) groups excluding carboxylic acids is 5. The topological polar surface area (TPSA) is 169 Å². The van der Waals surface area contributed by atoms with Crippen LogP contribution < -0.4 is 27.0 Å². The molecule has 1 rings (SSSR count). The number of hydrogen-bond acceptors (Lipinski definition) is 6. The van der Waals surface area contributed by atoms with Gasteiger partial charge in [-0.2, -0.15) is 0 Å². The molecule has 2 unspecified atom stereocenters. The summed E-state index contributed by atoms with van der Waals surface area (Å²) in [6, 6.07) is 4.35. The first-order chi connectivity index (χ1) is 17.4. The van der Waals surface area contributed by atoms with E-state index in [1.165, 1.54) is 6.92 Å². The van der Waals surface area contributed by atoms with Gasteiger partial charge in [0.1, 0.15) is 18.7 Å². The lowest BCUT2D eigenvalue weighted by molar-refractivity contribution is -0.142. The van der Waals surface area contributed by atoms with Crippen LogP contribution in [0.3, 0.4) is 0 Å². The Morgan fingerprint density at radius 1 is 0.919 bits per heavy atom. The predicted octanol–water partition coefficient (Wildman–Crippen LogP) is 2.20. The van der Waals surface area contributed by atoms with E-state index in [2.05, 4.69) is 21.3 Å². The number of urea groups is 1. The lowest BCUT2D eigenvalue weighted by Crippen LogP contribution is -2.54. The Morgan fingerprint density at radius 3 is 2.11 bits per heavy atom. The largest absolute Gasteiger partial charge is 0.461 e. The molecule has 37 heavy (non-hydrogen) atoms. The molecule has 0 aliphatic heterocycles. The second-order valence-corrected chi connectivity index (χ2v) is 9.68. The number of amides is 5. The molecule has 0 aliphatic carbocycles. The fourth-order valence-corrected chi connectivity index (χ4v) is 3.35. The summed E-state index contributed by atoms with van der Waals surface area (Å²) in [6.45, 7) is 9.34. The van der Waals surface area contributed by atoms with Crippen molar-refractivity contribution in [1.82, 2.24) is 16.0 Å². The highest BCUT2D eigenvalue weighted by molar-refractivity contribution is 5.98. The Morgan fingerprint density at radius 2 is 1.57 bits per heavy atom. The molecule has 206 valence electrons. The van der Waals surface area contributed by atoms with E-state index in [1.54, 1.807) is 24.3 Å². The summed E-state index contributed by atoms with van der Waals surface area (Å²) in [4.78, 5) is 60.5. The van der Waals surface area contributed by atoms with Crippen molar-refractivity contribution < 1.29 is 28.7 Å². The molecule has 11 heteroatoms. The molecule has 0 saturated heterocycles. The highest BCUT2D eigenvalue weighted by Gasteiger charge is 2.28. The number of primary amides is 1. The van der Waals surface area contributed by atoms with Gasteiger partial charge < -0.3 is 31.7 Å². The van der Waals surface area contributed by atoms with Gasteiger partial charge in [0.25, 0.3) is 0 Å². The number of anilines is 1. The van der Waals surface area contributed by atoms with Crippen LogP contribution in [0.15, 0.2) is 24.3 Å². The Bertz CT molecular complexity index is 917. The van der Waals surface area contributed by atoms with Crippen molar-refractivity contribution in [3.63, 3.8) is 0 Å². The molecule has 0 bridgehead atoms. The van der Waals surface area contributed by atoms with Crippen molar-refractivity contribution in [1.29, 1.82) is 0 Å². The lowest BCUT2D eigenvalue weighted by Gasteiger charge is -2.25. The number of hydrogen-bond donors (Lipinski definition) is 5. The average molecular weight is 520 g/mol. The van der Waals surface area contributed by atoms with Gasteiger partial charge in [-0.15, -0.1) is 0 Å². The molecular weight excluding hydrogens is 478 g/mol. The molecule has 0 fully saturated rings. The smallest absolute Gasteiger partial charge is 0.312 e. The summed E-state index contributed by atoms with van der Waals surface area (Å²) in [5, 5.41) is 10.8. The molecule has 0 aliphatic rings. The van der Waals surface area contributed by atoms with E-state index in [4.69, 9.17) is 10.5 Å². The fourth-order valence-electron chi connectivity index (χ4n) is 3.35. The van der Waals surface area contributed by atoms with E-state index in [0.717, 1.165) is 5.56 Å². The lowest BCUT2D eigenvalue weighted by atomic mass is 10.0. The van der Waals surface area contributed by atoms with E-state index >= 15 is 0 Å². The zero-order valence-electron chi connectivity index (χ0n) is 22.4. The Labute approximate surface area is 218 Å². The van der Waals surface area contributed by atoms with Crippen LogP contribution in [0.25, 0.3) is 0 Å². The summed E-state index contributed by atoms with van der Waals surface area (Å²) in [7, 11) is 0. The highest BCUT2D eigenvalue weighted by atomic mass is 16.5. The summed E-state index contributed by atoms with van der Waals surface area (Å²) in [5.41, 5.74) is 6.35. The second-order valence-electron chi connectivity index (χ2n) is 9.68. The van der Waals surface area contributed by atoms with Crippen molar-refractivity contribution in [3.8, 4) is 0 Å². The molecule has 0 saturated carbocycles. The van der Waals surface area contributed by atoms with Gasteiger partial charge in [0.05, 0.1) is 0 Å². The number of esters is 1. The van der Waals surface area contributed by atoms with Crippen LogP contribution in [0, 0.1) is 11.8 Å². The van der Waals surface area contributed by atoms with E-state index < -0.39 is 35.9 Å². The van der Waals surface area contributed by atoms with Crippen molar-refractivity contribution in [2.45, 2.75) is 79.0 Å². The normalized spacial score (nSPS) is 12.4. The standard InChI is InChI=1S/C26H41N5O6/c1-16(2)8-13-22(33)31-23(17(3)4)25(35)30-21(7-6-14-28-26(27)36)24(34)29-20-11-9-19(10-12-20)15-37-18(5)32/h9-12,16-17,21,23H,6-8,13-15H2,1-5H3,(H,29,34)(H,30,35)(H,31,33)(H3,27,28,36). The molecular formula is C26H41N5O6. The number of ether oxygens (including phenoxy) is 1. The number of nitrogens with one attached hydrogen (secondary N) is 4. The number of carbonyl (C=O) groups is 5. The fraction of sp³-hybridized carbons (Fsp3) is 0.577. The van der Waals surface area contributed by atoms with Gasteiger partial charge in [-0.05, 0) is 48.8 Å². The van der Waals surface area contributed by atoms with E-state index in [1.807, 2.05) is 27.7 Å². The van der Waals surface area contributed by atoms with Gasteiger partial charge >= 0.3 is 12.0 Å². The molecule has 11 nitrogen and oxygen atoms in total. The molecule has 1 aromatic carbocycles. The van der Waals surface area contributed by atoms with Gasteiger partial charge in [0.2, 0.25) is 17.7 Å². The first-order valence-electron chi connectivity index (χ1n) is 12.5. The maximum absolute atomic E-state index is 13.1. The minimum atomic E-state index is -0.920. The Balaban J connectivity index is 2.90. The van der Waals surface area contributed by atoms with Gasteiger partial charge in [0.15, 0.2) is 0 Å². The third-order valence-corrected chi connectivity index (χ3v) is 5.48. The molecule has 0 heterocycles. The highest BCUT2D eigenvalue weighted by Crippen LogP contribution is 2.13. The van der Waals surface area contributed by atoms with Crippen molar-refractivity contribution >= 4 is 35.4 Å². The molecule has 0 spiro atoms. The quantitative estimate of drug-likeness (QED) is 0.176. The van der Waals surface area contributed by atoms with Crippen LogP contribution in [0.1, 0.15) is 65.9 Å². The van der Waals surface area contributed by atoms with E-state index in [9.17, 15) is 24.0 Å². The average Bonchev–Trinajstić information content (AvgIpc) is 2.82. The first-order valence-corrected chi connectivity index (χ1v) is 12.5. The minimum absolute atomic E-state index is 0.120. The van der Waals surface area contributed by atoms with Crippen molar-refractivity contribution in [2.24, 2.45) is 17.6 Å². The summed E-state index contributed by atoms with van der Waals surface area (Å²) in [6.07, 6.45) is 1.63. The molecule has 0 radical (unpaired) electrons. The Kier molecular flexibility index (Phi) is 13.7. The van der Waals surface area contributed by atoms with Crippen LogP contribution in [-0.2, 0) is 30.5 Å². The minimum Gasteiger partial charge on any atom is -0.461 e. The van der Waals surface area contributed by atoms with Crippen LogP contribution in [0.5, 0.6) is 0 Å². The molecule has 2 atom stereocenters. The molecule has 5 amide bonds. The zero-order valence-corrected chi connectivity index (χ0v) is 22.4. The van der Waals surface area contributed by atoms with Gasteiger partial charge in [-0.1, -0.05) is 39.8 Å². The van der Waals surface area contributed by atoms with E-state index in [0.29, 0.717) is 30.9 Å². The third-order valence-electron chi connectivity index (χ3n) is 5.48.